The van der Waals surface area contributed by atoms with E-state index >= 15 is 0 Å². The Bertz CT molecular complexity index is 593. The second-order valence-corrected chi connectivity index (χ2v) is 6.44. The van der Waals surface area contributed by atoms with Gasteiger partial charge < -0.3 is 10.2 Å². The summed E-state index contributed by atoms with van der Waals surface area (Å²) in [5.74, 6) is -0.788. The van der Waals surface area contributed by atoms with Crippen molar-refractivity contribution in [1.29, 1.82) is 0 Å². The van der Waals surface area contributed by atoms with Crippen LogP contribution in [0.1, 0.15) is 32.8 Å². The number of nitrogens with zero attached hydrogens (tertiary/aromatic N) is 1. The van der Waals surface area contributed by atoms with Gasteiger partial charge in [-0.15, -0.1) is 0 Å². The number of rotatable bonds is 3. The van der Waals surface area contributed by atoms with Gasteiger partial charge in [-0.3, -0.25) is 9.59 Å². The summed E-state index contributed by atoms with van der Waals surface area (Å²) in [4.78, 5) is 26.1. The average molecular weight is 357 g/mol. The van der Waals surface area contributed by atoms with E-state index in [-0.39, 0.29) is 18.4 Å². The van der Waals surface area contributed by atoms with Gasteiger partial charge in [0.15, 0.2) is 0 Å². The molecule has 1 aliphatic rings. The van der Waals surface area contributed by atoms with Gasteiger partial charge in [0.1, 0.15) is 17.4 Å². The molecule has 4 nitrogen and oxygen atoms in total. The van der Waals surface area contributed by atoms with E-state index < -0.39 is 17.4 Å². The molecular weight excluding hydrogens is 339 g/mol. The van der Waals surface area contributed by atoms with Crippen LogP contribution in [0, 0.1) is 5.82 Å². The lowest BCUT2D eigenvalue weighted by Gasteiger charge is -2.43. The van der Waals surface area contributed by atoms with Crippen molar-refractivity contribution in [3.8, 4) is 0 Å². The van der Waals surface area contributed by atoms with Crippen molar-refractivity contribution >= 4 is 27.7 Å². The van der Waals surface area contributed by atoms with Gasteiger partial charge in [0.25, 0.3) is 0 Å². The number of carbonyl (C=O) groups is 2. The van der Waals surface area contributed by atoms with Crippen molar-refractivity contribution < 1.29 is 14.0 Å². The summed E-state index contributed by atoms with van der Waals surface area (Å²) >= 11 is 3.20. The van der Waals surface area contributed by atoms with E-state index in [2.05, 4.69) is 21.2 Å². The maximum atomic E-state index is 14.0. The van der Waals surface area contributed by atoms with Gasteiger partial charge in [-0.05, 0) is 32.4 Å². The lowest BCUT2D eigenvalue weighted by molar-refractivity contribution is -0.154. The highest BCUT2D eigenvalue weighted by molar-refractivity contribution is 9.10. The summed E-state index contributed by atoms with van der Waals surface area (Å²) in [6.07, 6.45) is 0.490. The zero-order valence-corrected chi connectivity index (χ0v) is 13.8. The largest absolute Gasteiger partial charge is 0.340 e. The molecule has 1 aromatic rings. The van der Waals surface area contributed by atoms with Crippen molar-refractivity contribution in [2.75, 3.05) is 0 Å². The van der Waals surface area contributed by atoms with Crippen LogP contribution < -0.4 is 5.32 Å². The molecule has 1 N–H and O–H groups in total. The molecule has 114 valence electrons. The van der Waals surface area contributed by atoms with Crippen molar-refractivity contribution in [3.63, 3.8) is 0 Å². The molecule has 1 aromatic carbocycles. The minimum absolute atomic E-state index is 0.0854. The van der Waals surface area contributed by atoms with Gasteiger partial charge in [-0.2, -0.15) is 0 Å². The molecule has 1 saturated heterocycles. The van der Waals surface area contributed by atoms with E-state index in [0.29, 0.717) is 16.5 Å². The minimum Gasteiger partial charge on any atom is -0.340 e. The number of amides is 2. The fourth-order valence-electron chi connectivity index (χ4n) is 2.35. The second kappa shape index (κ2) is 5.75. The summed E-state index contributed by atoms with van der Waals surface area (Å²) in [6, 6.07) is 4.08. The minimum atomic E-state index is -0.921. The first-order chi connectivity index (χ1) is 9.78. The van der Waals surface area contributed by atoms with E-state index in [1.165, 1.54) is 11.0 Å². The van der Waals surface area contributed by atoms with Crippen molar-refractivity contribution in [3.05, 3.63) is 34.1 Å². The Hall–Kier alpha value is -1.43. The van der Waals surface area contributed by atoms with Crippen molar-refractivity contribution in [1.82, 2.24) is 10.2 Å². The highest BCUT2D eigenvalue weighted by Gasteiger charge is 2.45. The molecule has 2 amide bonds. The third kappa shape index (κ3) is 2.95. The van der Waals surface area contributed by atoms with E-state index in [9.17, 15) is 14.0 Å². The third-order valence-corrected chi connectivity index (χ3v) is 4.54. The molecule has 0 saturated carbocycles. The fourth-order valence-corrected chi connectivity index (χ4v) is 2.68. The highest BCUT2D eigenvalue weighted by atomic mass is 79.9. The number of hydrogen-bond acceptors (Lipinski definition) is 2. The fraction of sp³-hybridized carbons (Fsp3) is 0.467. The summed E-state index contributed by atoms with van der Waals surface area (Å²) < 4.78 is 14.6. The Morgan fingerprint density at radius 2 is 2.10 bits per heavy atom. The Morgan fingerprint density at radius 1 is 1.43 bits per heavy atom. The molecule has 2 rings (SSSR count). The van der Waals surface area contributed by atoms with Gasteiger partial charge >= 0.3 is 0 Å². The molecule has 0 bridgehead atoms. The average Bonchev–Trinajstić information content (AvgIpc) is 2.43. The van der Waals surface area contributed by atoms with Crippen LogP contribution in [0.25, 0.3) is 0 Å². The Balaban J connectivity index is 2.31. The van der Waals surface area contributed by atoms with Gasteiger partial charge in [0.05, 0.1) is 0 Å². The van der Waals surface area contributed by atoms with Crippen LogP contribution in [0.5, 0.6) is 0 Å². The maximum Gasteiger partial charge on any atom is 0.249 e. The number of benzene rings is 1. The predicted octanol–water partition coefficient (Wildman–Crippen LogP) is 2.60. The van der Waals surface area contributed by atoms with E-state index in [1.54, 1.807) is 26.0 Å². The molecule has 6 heteroatoms. The smallest absolute Gasteiger partial charge is 0.249 e. The first kappa shape index (κ1) is 15.9. The van der Waals surface area contributed by atoms with Gasteiger partial charge in [0.2, 0.25) is 11.8 Å². The topological polar surface area (TPSA) is 49.4 Å². The van der Waals surface area contributed by atoms with E-state index in [4.69, 9.17) is 0 Å². The maximum absolute atomic E-state index is 14.0. The van der Waals surface area contributed by atoms with Crippen molar-refractivity contribution in [2.24, 2.45) is 0 Å². The van der Waals surface area contributed by atoms with E-state index in [0.717, 1.165) is 0 Å². The summed E-state index contributed by atoms with van der Waals surface area (Å²) in [5.41, 5.74) is -0.526. The van der Waals surface area contributed by atoms with Crippen LogP contribution in [0.15, 0.2) is 22.7 Å². The number of hydrogen-bond donors (Lipinski definition) is 1. The number of nitrogens with one attached hydrogen (secondary N) is 1. The quantitative estimate of drug-likeness (QED) is 0.904. The van der Waals surface area contributed by atoms with Crippen LogP contribution in [0.4, 0.5) is 4.39 Å². The zero-order chi connectivity index (χ0) is 15.8. The Kier molecular flexibility index (Phi) is 4.37. The molecule has 0 aliphatic carbocycles. The van der Waals surface area contributed by atoms with Crippen LogP contribution in [0.3, 0.4) is 0 Å². The standard InChI is InChI=1S/C15H18BrFN2O2/c1-4-15(3)14(21)19(9(2)13(20)18-15)8-10-5-6-11(16)7-12(10)17/h5-7,9H,4,8H2,1-3H3,(H,18,20). The molecule has 1 aliphatic heterocycles. The molecule has 2 atom stereocenters. The molecule has 0 spiro atoms. The number of halogens is 2. The van der Waals surface area contributed by atoms with Crippen molar-refractivity contribution in [2.45, 2.75) is 45.3 Å². The van der Waals surface area contributed by atoms with E-state index in [1.807, 2.05) is 6.92 Å². The lowest BCUT2D eigenvalue weighted by Crippen LogP contribution is -2.68. The van der Waals surface area contributed by atoms with Gasteiger partial charge in [0, 0.05) is 16.6 Å². The summed E-state index contributed by atoms with van der Waals surface area (Å²) in [5, 5.41) is 2.75. The Morgan fingerprint density at radius 3 is 2.67 bits per heavy atom. The molecule has 1 heterocycles. The van der Waals surface area contributed by atoms with Gasteiger partial charge in [-0.1, -0.05) is 28.9 Å². The van der Waals surface area contributed by atoms with Crippen LogP contribution >= 0.6 is 15.9 Å². The number of carbonyl (C=O) groups excluding carboxylic acids is 2. The molecule has 21 heavy (non-hydrogen) atoms. The van der Waals surface area contributed by atoms with Crippen LogP contribution in [-0.4, -0.2) is 28.3 Å². The number of piperazine rings is 1. The summed E-state index contributed by atoms with van der Waals surface area (Å²) in [6.45, 7) is 5.28. The zero-order valence-electron chi connectivity index (χ0n) is 12.2. The first-order valence-electron chi connectivity index (χ1n) is 6.85. The normalized spacial score (nSPS) is 26.0. The molecule has 2 unspecified atom stereocenters. The highest BCUT2D eigenvalue weighted by Crippen LogP contribution is 2.24. The Labute approximate surface area is 131 Å². The third-order valence-electron chi connectivity index (χ3n) is 4.04. The first-order valence-corrected chi connectivity index (χ1v) is 7.65. The predicted molar refractivity (Wildman–Crippen MR) is 81.0 cm³/mol. The molecule has 0 radical (unpaired) electrons. The monoisotopic (exact) mass is 356 g/mol. The second-order valence-electron chi connectivity index (χ2n) is 5.52. The SMILES string of the molecule is CCC1(C)NC(=O)C(C)N(Cc2ccc(Br)cc2F)C1=O. The van der Waals surface area contributed by atoms with Crippen LogP contribution in [-0.2, 0) is 16.1 Å². The lowest BCUT2D eigenvalue weighted by atomic mass is 9.92. The van der Waals surface area contributed by atoms with Crippen LogP contribution in [0.2, 0.25) is 0 Å². The van der Waals surface area contributed by atoms with Gasteiger partial charge in [-0.25, -0.2) is 4.39 Å². The molecule has 1 fully saturated rings. The molecule has 0 aromatic heterocycles. The summed E-state index contributed by atoms with van der Waals surface area (Å²) in [7, 11) is 0. The molecular formula is C15H18BrFN2O2.